The van der Waals surface area contributed by atoms with Crippen molar-refractivity contribution in [1.29, 1.82) is 0 Å². The highest BCUT2D eigenvalue weighted by Crippen LogP contribution is 2.31. The Kier molecular flexibility index (Phi) is 3.45. The normalized spacial score (nSPS) is 11.6. The van der Waals surface area contributed by atoms with Crippen molar-refractivity contribution in [2.75, 3.05) is 0 Å². The van der Waals surface area contributed by atoms with E-state index >= 15 is 0 Å². The van der Waals surface area contributed by atoms with E-state index in [1.54, 1.807) is 0 Å². The fourth-order valence-electron chi connectivity index (χ4n) is 1.33. The number of halogens is 5. The van der Waals surface area contributed by atoms with Crippen LogP contribution in [-0.2, 0) is 6.18 Å². The number of rotatable bonds is 1. The predicted octanol–water partition coefficient (Wildman–Crippen LogP) is 4.47. The highest BCUT2D eigenvalue weighted by Gasteiger charge is 2.32. The molecular formula is C11H5Cl2F3N2. The smallest absolute Gasteiger partial charge is 0.236 e. The number of hydrogen-bond acceptors (Lipinski definition) is 2. The lowest BCUT2D eigenvalue weighted by Crippen LogP contribution is -2.08. The van der Waals surface area contributed by atoms with Crippen molar-refractivity contribution in [1.82, 2.24) is 9.97 Å². The quantitative estimate of drug-likeness (QED) is 0.775. The molecule has 1 aromatic heterocycles. The van der Waals surface area contributed by atoms with Crippen LogP contribution in [0.2, 0.25) is 10.0 Å². The largest absolute Gasteiger partial charge is 0.433 e. The summed E-state index contributed by atoms with van der Waals surface area (Å²) in [4.78, 5) is 6.96. The highest BCUT2D eigenvalue weighted by molar-refractivity contribution is 6.42. The Morgan fingerprint density at radius 2 is 1.67 bits per heavy atom. The molecule has 0 atom stereocenters. The number of alkyl halides is 3. The minimum absolute atomic E-state index is 0.135. The van der Waals surface area contributed by atoms with E-state index in [0.29, 0.717) is 10.6 Å². The standard InChI is InChI=1S/C11H5Cl2F3N2/c12-7-2-1-6(3-8(7)13)9-4-10(11(14,15)16)18-5-17-9/h1-5H. The maximum atomic E-state index is 12.5. The van der Waals surface area contributed by atoms with Crippen LogP contribution in [0, 0.1) is 0 Å². The zero-order valence-corrected chi connectivity index (χ0v) is 10.2. The maximum absolute atomic E-state index is 12.5. The molecule has 0 aliphatic heterocycles. The van der Waals surface area contributed by atoms with E-state index in [9.17, 15) is 13.2 Å². The van der Waals surface area contributed by atoms with Gasteiger partial charge in [-0.05, 0) is 18.2 Å². The van der Waals surface area contributed by atoms with E-state index in [-0.39, 0.29) is 10.7 Å². The summed E-state index contributed by atoms with van der Waals surface area (Å²) >= 11 is 11.5. The van der Waals surface area contributed by atoms with Crippen LogP contribution in [0.1, 0.15) is 5.69 Å². The van der Waals surface area contributed by atoms with E-state index in [0.717, 1.165) is 12.4 Å². The molecule has 0 spiro atoms. The fraction of sp³-hybridized carbons (Fsp3) is 0.0909. The van der Waals surface area contributed by atoms with Gasteiger partial charge in [-0.15, -0.1) is 0 Å². The van der Waals surface area contributed by atoms with Crippen molar-refractivity contribution in [3.8, 4) is 11.3 Å². The number of hydrogen-bond donors (Lipinski definition) is 0. The number of benzene rings is 1. The van der Waals surface area contributed by atoms with Crippen molar-refractivity contribution in [3.63, 3.8) is 0 Å². The summed E-state index contributed by atoms with van der Waals surface area (Å²) in [6, 6.07) is 5.34. The van der Waals surface area contributed by atoms with Crippen molar-refractivity contribution < 1.29 is 13.2 Å². The molecule has 0 fully saturated rings. The predicted molar refractivity (Wildman–Crippen MR) is 62.5 cm³/mol. The molecule has 0 saturated carbocycles. The summed E-state index contributed by atoms with van der Waals surface area (Å²) in [5, 5.41) is 0.576. The van der Waals surface area contributed by atoms with Crippen molar-refractivity contribution in [2.24, 2.45) is 0 Å². The molecule has 0 saturated heterocycles. The molecule has 0 N–H and O–H groups in total. The van der Waals surface area contributed by atoms with Gasteiger partial charge in [0.2, 0.25) is 0 Å². The molecule has 0 amide bonds. The molecule has 0 aliphatic rings. The maximum Gasteiger partial charge on any atom is 0.433 e. The Labute approximate surface area is 110 Å². The molecule has 2 nitrogen and oxygen atoms in total. The molecule has 0 unspecified atom stereocenters. The minimum Gasteiger partial charge on any atom is -0.236 e. The second-order valence-corrected chi connectivity index (χ2v) is 4.23. The second kappa shape index (κ2) is 4.74. The van der Waals surface area contributed by atoms with Gasteiger partial charge in [-0.1, -0.05) is 29.3 Å². The molecule has 1 heterocycles. The monoisotopic (exact) mass is 292 g/mol. The zero-order chi connectivity index (χ0) is 13.3. The van der Waals surface area contributed by atoms with Gasteiger partial charge in [0.1, 0.15) is 12.0 Å². The summed E-state index contributed by atoms with van der Waals surface area (Å²) < 4.78 is 37.5. The van der Waals surface area contributed by atoms with Crippen LogP contribution in [0.3, 0.4) is 0 Å². The molecular weight excluding hydrogens is 288 g/mol. The highest BCUT2D eigenvalue weighted by atomic mass is 35.5. The van der Waals surface area contributed by atoms with E-state index in [1.807, 2.05) is 0 Å². The second-order valence-electron chi connectivity index (χ2n) is 3.42. The van der Waals surface area contributed by atoms with E-state index < -0.39 is 11.9 Å². The number of nitrogens with zero attached hydrogens (tertiary/aromatic N) is 2. The summed E-state index contributed by atoms with van der Waals surface area (Å²) in [5.74, 6) is 0. The molecule has 0 bridgehead atoms. The van der Waals surface area contributed by atoms with Gasteiger partial charge in [-0.25, -0.2) is 9.97 Å². The lowest BCUT2D eigenvalue weighted by molar-refractivity contribution is -0.141. The Balaban J connectivity index is 2.48. The average molecular weight is 293 g/mol. The van der Waals surface area contributed by atoms with Gasteiger partial charge in [0.25, 0.3) is 0 Å². The van der Waals surface area contributed by atoms with Gasteiger partial charge in [-0.2, -0.15) is 13.2 Å². The first kappa shape index (κ1) is 13.1. The zero-order valence-electron chi connectivity index (χ0n) is 8.67. The van der Waals surface area contributed by atoms with Crippen LogP contribution in [0.5, 0.6) is 0 Å². The Hall–Kier alpha value is -1.33. The fourth-order valence-corrected chi connectivity index (χ4v) is 1.62. The van der Waals surface area contributed by atoms with Gasteiger partial charge >= 0.3 is 6.18 Å². The first-order valence-corrected chi connectivity index (χ1v) is 5.48. The van der Waals surface area contributed by atoms with Crippen LogP contribution in [0.15, 0.2) is 30.6 Å². The summed E-state index contributed by atoms with van der Waals surface area (Å²) in [6.45, 7) is 0. The first-order valence-electron chi connectivity index (χ1n) is 4.72. The molecule has 18 heavy (non-hydrogen) atoms. The van der Waals surface area contributed by atoms with Gasteiger partial charge in [0.15, 0.2) is 0 Å². The lowest BCUT2D eigenvalue weighted by atomic mass is 10.1. The average Bonchev–Trinajstić information content (AvgIpc) is 2.32. The third-order valence-corrected chi connectivity index (χ3v) is 2.91. The Bertz CT molecular complexity index is 585. The van der Waals surface area contributed by atoms with Crippen LogP contribution in [0.4, 0.5) is 13.2 Å². The third kappa shape index (κ3) is 2.73. The van der Waals surface area contributed by atoms with Crippen molar-refractivity contribution >= 4 is 23.2 Å². The molecule has 94 valence electrons. The molecule has 7 heteroatoms. The van der Waals surface area contributed by atoms with E-state index in [2.05, 4.69) is 9.97 Å². The van der Waals surface area contributed by atoms with Crippen LogP contribution in [0.25, 0.3) is 11.3 Å². The minimum atomic E-state index is -4.51. The van der Waals surface area contributed by atoms with Gasteiger partial charge in [-0.3, -0.25) is 0 Å². The van der Waals surface area contributed by atoms with Crippen molar-refractivity contribution in [2.45, 2.75) is 6.18 Å². The first-order chi connectivity index (χ1) is 8.38. The van der Waals surface area contributed by atoms with E-state index in [4.69, 9.17) is 23.2 Å². The third-order valence-electron chi connectivity index (χ3n) is 2.17. The van der Waals surface area contributed by atoms with E-state index in [1.165, 1.54) is 18.2 Å². The summed E-state index contributed by atoms with van der Waals surface area (Å²) in [7, 11) is 0. The van der Waals surface area contributed by atoms with Gasteiger partial charge in [0, 0.05) is 5.56 Å². The Morgan fingerprint density at radius 1 is 0.944 bits per heavy atom. The van der Waals surface area contributed by atoms with Crippen LogP contribution in [-0.4, -0.2) is 9.97 Å². The topological polar surface area (TPSA) is 25.8 Å². The SMILES string of the molecule is FC(F)(F)c1cc(-c2ccc(Cl)c(Cl)c2)ncn1. The van der Waals surface area contributed by atoms with Gasteiger partial charge < -0.3 is 0 Å². The van der Waals surface area contributed by atoms with Crippen LogP contribution >= 0.6 is 23.2 Å². The molecule has 0 aliphatic carbocycles. The summed E-state index contributed by atoms with van der Waals surface area (Å²) in [5.41, 5.74) is -0.424. The van der Waals surface area contributed by atoms with Crippen LogP contribution < -0.4 is 0 Å². The lowest BCUT2D eigenvalue weighted by Gasteiger charge is -2.07. The molecule has 0 radical (unpaired) electrons. The molecule has 1 aromatic carbocycles. The molecule has 2 rings (SSSR count). The number of aromatic nitrogens is 2. The molecule has 2 aromatic rings. The Morgan fingerprint density at radius 3 is 2.28 bits per heavy atom. The summed E-state index contributed by atoms with van der Waals surface area (Å²) in [6.07, 6.45) is -3.64. The van der Waals surface area contributed by atoms with Gasteiger partial charge in [0.05, 0.1) is 15.7 Å². The van der Waals surface area contributed by atoms with Crippen molar-refractivity contribution in [3.05, 3.63) is 46.3 Å².